The van der Waals surface area contributed by atoms with Gasteiger partial charge >= 0.3 is 43.2 Å². The van der Waals surface area contributed by atoms with E-state index in [0.29, 0.717) is 23.4 Å². The molecule has 4 saturated heterocycles. The summed E-state index contributed by atoms with van der Waals surface area (Å²) < 4.78 is 153. The van der Waals surface area contributed by atoms with Crippen LogP contribution in [0.15, 0.2) is 94.0 Å². The SMILES string of the molecule is CSCCNc1nc(SCCC(F)(F)F)nc2c1ncn2[C@@H]1O[C@H](COP(=O)(O)OP(=O)(O)OP(=O)(O)OP(=O)(O)OC[C@H]2O[C@@H](n3ccc(=O)[nH]c3=O)[C@@H]3OC(c4ccccc4)O[C@@H]32)[C@H]2OC(c3ccccc3)O[C@H]21. The Morgan fingerprint density at radius 3 is 1.72 bits per heavy atom. The van der Waals surface area contributed by atoms with E-state index in [1.807, 2.05) is 6.26 Å². The second kappa shape index (κ2) is 23.2. The van der Waals surface area contributed by atoms with Crippen molar-refractivity contribution in [1.82, 2.24) is 29.1 Å². The lowest BCUT2D eigenvalue weighted by Gasteiger charge is -2.23. The highest BCUT2D eigenvalue weighted by Crippen LogP contribution is 2.71. The van der Waals surface area contributed by atoms with E-state index in [1.165, 1.54) is 22.7 Å². The van der Waals surface area contributed by atoms with Gasteiger partial charge in [0.2, 0.25) is 0 Å². The Balaban J connectivity index is 0.857. The number of phosphoric acid groups is 4. The molecule has 0 bridgehead atoms. The van der Waals surface area contributed by atoms with Gasteiger partial charge in [-0.25, -0.2) is 38.0 Å². The number of phosphoric ester groups is 2. The zero-order chi connectivity index (χ0) is 54.2. The molecule has 0 spiro atoms. The van der Waals surface area contributed by atoms with Crippen LogP contribution in [0.2, 0.25) is 0 Å². The number of imidazole rings is 1. The number of hydrogen-bond donors (Lipinski definition) is 6. The fourth-order valence-electron chi connectivity index (χ4n) is 8.15. The summed E-state index contributed by atoms with van der Waals surface area (Å²) in [5.41, 5.74) is -0.315. The molecular formula is C39H44F3N7O21P4S2. The number of fused-ring (bicyclic) bond motifs is 3. The molecule has 6 unspecified atom stereocenters. The van der Waals surface area contributed by atoms with Gasteiger partial charge in [0.05, 0.1) is 26.0 Å². The zero-order valence-corrected chi connectivity index (χ0v) is 43.9. The first-order chi connectivity index (χ1) is 36.0. The Labute approximate surface area is 434 Å². The quantitative estimate of drug-likeness (QED) is 0.0205. The van der Waals surface area contributed by atoms with Crippen molar-refractivity contribution in [3.63, 3.8) is 0 Å². The maximum atomic E-state index is 13.2. The van der Waals surface area contributed by atoms with E-state index in [4.69, 9.17) is 37.5 Å². The average molecular weight is 1190 g/mol. The number of aromatic amines is 1. The van der Waals surface area contributed by atoms with Crippen molar-refractivity contribution >= 4 is 71.8 Å². The molecule has 9 rings (SSSR count). The number of anilines is 1. The van der Waals surface area contributed by atoms with Gasteiger partial charge in [0, 0.05) is 41.4 Å². The first-order valence-corrected chi connectivity index (χ1v) is 30.6. The third-order valence-corrected chi connectivity index (χ3v) is 18.6. The van der Waals surface area contributed by atoms with Crippen molar-refractivity contribution in [1.29, 1.82) is 0 Å². The van der Waals surface area contributed by atoms with Crippen LogP contribution < -0.4 is 16.6 Å². The zero-order valence-electron chi connectivity index (χ0n) is 38.7. The van der Waals surface area contributed by atoms with E-state index in [9.17, 15) is 60.6 Å². The van der Waals surface area contributed by atoms with E-state index < -0.39 is 136 Å². The predicted octanol–water partition coefficient (Wildman–Crippen LogP) is 5.44. The molecule has 37 heteroatoms. The smallest absolute Gasteiger partial charge is 0.367 e. The lowest BCUT2D eigenvalue weighted by atomic mass is 10.1. The van der Waals surface area contributed by atoms with Crippen LogP contribution in [0.5, 0.6) is 0 Å². The minimum Gasteiger partial charge on any atom is -0.367 e. The van der Waals surface area contributed by atoms with Crippen molar-refractivity contribution in [3.05, 3.63) is 111 Å². The number of alkyl halides is 3. The fourth-order valence-corrected chi connectivity index (χ4v) is 14.2. The van der Waals surface area contributed by atoms with Crippen LogP contribution in [0.25, 0.3) is 11.2 Å². The number of rotatable bonds is 23. The summed E-state index contributed by atoms with van der Waals surface area (Å²) in [6.45, 7) is -1.59. The Morgan fingerprint density at radius 1 is 0.697 bits per heavy atom. The predicted molar refractivity (Wildman–Crippen MR) is 255 cm³/mol. The molecule has 4 aliphatic heterocycles. The van der Waals surface area contributed by atoms with Crippen molar-refractivity contribution in [2.75, 3.05) is 42.8 Å². The number of thioether (sulfide) groups is 2. The first kappa shape index (κ1) is 57.0. The van der Waals surface area contributed by atoms with Gasteiger partial charge < -0.3 is 53.3 Å². The third kappa shape index (κ3) is 13.8. The standard InChI is InChI=1S/C39H44F3N7O21P4S2/c1-75-17-14-43-31-26-32(47-37(46-31)76-16-13-39(40,41)42)49(20-44-26)34-30-28(65-36(67-30)22-10-6-3-7-11-22)24(63-34)19-61-72(54,55)69-74(58,59)70-73(56,57)68-71(52,53)60-18-23-27-29(66-35(64-27)21-8-4-2-5-9-21)33(62-23)48-15-12-25(50)45-38(48)51/h2-12,15,20,23-24,27-30,33-36H,13-14,16-19H2,1H3,(H,52,53)(H,54,55)(H,56,57)(H,58,59)(H,43,46,47)(H,45,50,51)/t23-,24-,27-,28-,29-,30-,33-,34-,35?,36?/m1/s1. The Kier molecular flexibility index (Phi) is 17.4. The van der Waals surface area contributed by atoms with Crippen LogP contribution in [-0.4, -0.2) is 129 Å². The van der Waals surface area contributed by atoms with Crippen LogP contribution in [-0.2, 0) is 68.7 Å². The van der Waals surface area contributed by atoms with Gasteiger partial charge in [0.25, 0.3) is 5.56 Å². The molecule has 6 N–H and O–H groups in total. The summed E-state index contributed by atoms with van der Waals surface area (Å²) >= 11 is 2.26. The number of nitrogens with one attached hydrogen (secondary N) is 2. The topological polar surface area (TPSA) is 361 Å². The molecular weight excluding hydrogens is 1150 g/mol. The van der Waals surface area contributed by atoms with Crippen molar-refractivity contribution in [3.8, 4) is 0 Å². The van der Waals surface area contributed by atoms with Crippen molar-refractivity contribution in [2.45, 2.75) is 79.4 Å². The number of ether oxygens (including phenoxy) is 6. The molecule has 0 saturated carbocycles. The summed E-state index contributed by atoms with van der Waals surface area (Å²) in [4.78, 5) is 81.6. The molecule has 76 heavy (non-hydrogen) atoms. The molecule has 4 aliphatic rings. The molecule has 4 fully saturated rings. The highest BCUT2D eigenvalue weighted by molar-refractivity contribution is 7.99. The average Bonchev–Trinajstić information content (AvgIpc) is 4.21. The van der Waals surface area contributed by atoms with E-state index >= 15 is 0 Å². The lowest BCUT2D eigenvalue weighted by molar-refractivity contribution is -0.154. The summed E-state index contributed by atoms with van der Waals surface area (Å²) in [6, 6.07) is 17.9. The normalized spacial score (nSPS) is 28.6. The van der Waals surface area contributed by atoms with Crippen LogP contribution in [0, 0.1) is 0 Å². The van der Waals surface area contributed by atoms with E-state index in [2.05, 4.69) is 38.2 Å². The second-order valence-electron chi connectivity index (χ2n) is 16.6. The van der Waals surface area contributed by atoms with Gasteiger partial charge in [-0.2, -0.15) is 37.9 Å². The fraction of sp³-hybridized carbons (Fsp3) is 0.462. The van der Waals surface area contributed by atoms with Gasteiger partial charge in [-0.3, -0.25) is 28.0 Å². The second-order valence-corrected chi connectivity index (χ2v) is 24.8. The first-order valence-electron chi connectivity index (χ1n) is 22.2. The number of hydrogen-bond acceptors (Lipinski definition) is 23. The van der Waals surface area contributed by atoms with Crippen molar-refractivity contribution < 1.29 is 101 Å². The number of nitrogens with zero attached hydrogens (tertiary/aromatic N) is 5. The number of benzene rings is 2. The van der Waals surface area contributed by atoms with Crippen LogP contribution in [0.3, 0.4) is 0 Å². The van der Waals surface area contributed by atoms with Gasteiger partial charge in [-0.05, 0) is 6.26 Å². The molecule has 0 radical (unpaired) electrons. The van der Waals surface area contributed by atoms with Gasteiger partial charge in [-0.15, -0.1) is 0 Å². The summed E-state index contributed by atoms with van der Waals surface area (Å²) in [5, 5.41) is 3.08. The largest absolute Gasteiger partial charge is 0.490 e. The third-order valence-electron chi connectivity index (χ3n) is 11.3. The number of aromatic nitrogens is 6. The van der Waals surface area contributed by atoms with E-state index in [1.54, 1.807) is 60.7 Å². The Morgan fingerprint density at radius 2 is 1.21 bits per heavy atom. The maximum absolute atomic E-state index is 13.2. The van der Waals surface area contributed by atoms with E-state index in [0.717, 1.165) is 28.6 Å². The molecule has 3 aromatic heterocycles. The van der Waals surface area contributed by atoms with Gasteiger partial charge in [0.1, 0.15) is 36.6 Å². The highest BCUT2D eigenvalue weighted by atomic mass is 32.2. The molecule has 5 aromatic rings. The molecule has 0 amide bonds. The molecule has 7 heterocycles. The molecule has 0 aliphatic carbocycles. The minimum absolute atomic E-state index is 0.0338. The summed E-state index contributed by atoms with van der Waals surface area (Å²) in [6.07, 6.45) is -13.3. The minimum atomic E-state index is -6.29. The Bertz CT molecular complexity index is 3190. The van der Waals surface area contributed by atoms with Gasteiger partial charge in [0.15, 0.2) is 47.2 Å². The van der Waals surface area contributed by atoms with E-state index in [-0.39, 0.29) is 22.1 Å². The monoisotopic (exact) mass is 1190 g/mol. The van der Waals surface area contributed by atoms with Gasteiger partial charge in [-0.1, -0.05) is 72.4 Å². The van der Waals surface area contributed by atoms with Crippen LogP contribution >= 0.6 is 54.8 Å². The molecule has 14 atom stereocenters. The number of H-pyrrole nitrogens is 1. The van der Waals surface area contributed by atoms with Crippen molar-refractivity contribution in [2.24, 2.45) is 0 Å². The summed E-state index contributed by atoms with van der Waals surface area (Å²) in [5.74, 6) is 0.429. The Hall–Kier alpha value is -3.72. The number of halogens is 3. The summed E-state index contributed by atoms with van der Waals surface area (Å²) in [7, 11) is -24.3. The van der Waals surface area contributed by atoms with Crippen LogP contribution in [0.4, 0.5) is 19.0 Å². The molecule has 414 valence electrons. The molecule has 2 aromatic carbocycles. The maximum Gasteiger partial charge on any atom is 0.490 e. The highest BCUT2D eigenvalue weighted by Gasteiger charge is 2.57. The van der Waals surface area contributed by atoms with Crippen LogP contribution in [0.1, 0.15) is 42.6 Å². The molecule has 28 nitrogen and oxygen atoms in total. The lowest BCUT2D eigenvalue weighted by Crippen LogP contribution is -2.36.